The minimum absolute atomic E-state index is 0.0538. The second-order valence-corrected chi connectivity index (χ2v) is 7.04. The molecule has 2 rings (SSSR count). The molecule has 0 aliphatic carbocycles. The van der Waals surface area contributed by atoms with E-state index in [1.54, 1.807) is 4.90 Å². The van der Waals surface area contributed by atoms with E-state index >= 15 is 0 Å². The highest BCUT2D eigenvalue weighted by Gasteiger charge is 2.35. The molecule has 120 valence electrons. The van der Waals surface area contributed by atoms with E-state index in [1.165, 1.54) is 0 Å². The molecule has 0 aromatic heterocycles. The van der Waals surface area contributed by atoms with E-state index in [-0.39, 0.29) is 29.8 Å². The van der Waals surface area contributed by atoms with Gasteiger partial charge in [-0.1, -0.05) is 41.9 Å². The number of halogens is 1. The summed E-state index contributed by atoms with van der Waals surface area (Å²) in [6, 6.07) is 7.50. The lowest BCUT2D eigenvalue weighted by atomic mass is 10.1. The van der Waals surface area contributed by atoms with Crippen LogP contribution in [0.5, 0.6) is 0 Å². The number of nitrogens with zero attached hydrogens (tertiary/aromatic N) is 1. The van der Waals surface area contributed by atoms with Gasteiger partial charge in [-0.15, -0.1) is 0 Å². The van der Waals surface area contributed by atoms with E-state index in [0.29, 0.717) is 6.54 Å². The minimum atomic E-state index is -0.326. The van der Waals surface area contributed by atoms with Crippen molar-refractivity contribution in [3.8, 4) is 0 Å². The normalized spacial score (nSPS) is 19.3. The van der Waals surface area contributed by atoms with Gasteiger partial charge in [0.15, 0.2) is 0 Å². The van der Waals surface area contributed by atoms with E-state index in [9.17, 15) is 9.59 Å². The van der Waals surface area contributed by atoms with Crippen LogP contribution < -0.4 is 5.32 Å². The Morgan fingerprint density at radius 2 is 1.86 bits per heavy atom. The molecule has 1 fully saturated rings. The topological polar surface area (TPSA) is 49.4 Å². The maximum Gasteiger partial charge on any atom is 0.243 e. The van der Waals surface area contributed by atoms with Crippen LogP contribution in [0.2, 0.25) is 0 Å². The number of hydrogen-bond acceptors (Lipinski definition) is 2. The monoisotopic (exact) mass is 366 g/mol. The van der Waals surface area contributed by atoms with Crippen molar-refractivity contribution >= 4 is 27.7 Å². The average Bonchev–Trinajstić information content (AvgIpc) is 2.96. The van der Waals surface area contributed by atoms with E-state index < -0.39 is 0 Å². The van der Waals surface area contributed by atoms with Crippen LogP contribution in [0.25, 0.3) is 0 Å². The third-order valence-corrected chi connectivity index (χ3v) is 4.59. The summed E-state index contributed by atoms with van der Waals surface area (Å²) >= 11 is 3.41. The number of nitrogens with one attached hydrogen (secondary N) is 1. The molecule has 5 heteroatoms. The lowest BCUT2D eigenvalue weighted by Gasteiger charge is -2.27. The molecule has 1 heterocycles. The first-order valence-electron chi connectivity index (χ1n) is 7.76. The second kappa shape index (κ2) is 7.27. The molecule has 0 bridgehead atoms. The van der Waals surface area contributed by atoms with Gasteiger partial charge >= 0.3 is 0 Å². The molecule has 1 saturated heterocycles. The molecule has 1 N–H and O–H groups in total. The lowest BCUT2D eigenvalue weighted by molar-refractivity contribution is -0.141. The number of carbonyl (C=O) groups excluding carboxylic acids is 2. The average molecular weight is 367 g/mol. The van der Waals surface area contributed by atoms with Crippen LogP contribution in [0.3, 0.4) is 0 Å². The largest absolute Gasteiger partial charge is 0.348 e. The highest BCUT2D eigenvalue weighted by atomic mass is 79.9. The van der Waals surface area contributed by atoms with Crippen LogP contribution in [0.4, 0.5) is 0 Å². The third-order valence-electron chi connectivity index (χ3n) is 4.06. The zero-order chi connectivity index (χ0) is 16.3. The number of rotatable bonds is 4. The maximum atomic E-state index is 12.5. The van der Waals surface area contributed by atoms with Crippen LogP contribution in [-0.2, 0) is 9.59 Å². The van der Waals surface area contributed by atoms with E-state index in [0.717, 1.165) is 22.9 Å². The Kier molecular flexibility index (Phi) is 5.62. The molecular formula is C17H23BrN2O2. The van der Waals surface area contributed by atoms with Gasteiger partial charge < -0.3 is 10.2 Å². The molecule has 1 aliphatic rings. The third kappa shape index (κ3) is 3.88. The molecule has 0 spiro atoms. The Bertz CT molecular complexity index is 542. The first kappa shape index (κ1) is 17.0. The number of benzene rings is 1. The Morgan fingerprint density at radius 3 is 2.45 bits per heavy atom. The minimum Gasteiger partial charge on any atom is -0.348 e. The molecule has 1 aliphatic heterocycles. The molecule has 2 atom stereocenters. The first-order valence-corrected chi connectivity index (χ1v) is 8.55. The number of amides is 2. The predicted octanol–water partition coefficient (Wildman–Crippen LogP) is 3.27. The molecule has 1 aromatic carbocycles. The summed E-state index contributed by atoms with van der Waals surface area (Å²) in [5.74, 6) is -0.0619. The summed E-state index contributed by atoms with van der Waals surface area (Å²) in [7, 11) is 0. The highest BCUT2D eigenvalue weighted by Crippen LogP contribution is 2.22. The molecular weight excluding hydrogens is 344 g/mol. The van der Waals surface area contributed by atoms with Crippen LogP contribution in [-0.4, -0.2) is 29.3 Å². The first-order chi connectivity index (χ1) is 10.4. The summed E-state index contributed by atoms with van der Waals surface area (Å²) in [6.45, 7) is 6.40. The van der Waals surface area contributed by atoms with Gasteiger partial charge in [-0.2, -0.15) is 0 Å². The summed E-state index contributed by atoms with van der Waals surface area (Å²) in [4.78, 5) is 26.4. The number of carbonyl (C=O) groups is 2. The van der Waals surface area contributed by atoms with Crippen molar-refractivity contribution in [1.29, 1.82) is 0 Å². The van der Waals surface area contributed by atoms with Gasteiger partial charge in [-0.05, 0) is 37.5 Å². The van der Waals surface area contributed by atoms with Gasteiger partial charge in [-0.25, -0.2) is 0 Å². The Morgan fingerprint density at radius 1 is 1.23 bits per heavy atom. The molecule has 1 aromatic rings. The van der Waals surface area contributed by atoms with Crippen LogP contribution in [0.1, 0.15) is 45.2 Å². The fourth-order valence-corrected chi connectivity index (χ4v) is 3.04. The van der Waals surface area contributed by atoms with Crippen molar-refractivity contribution in [2.24, 2.45) is 5.92 Å². The smallest absolute Gasteiger partial charge is 0.243 e. The maximum absolute atomic E-state index is 12.5. The zero-order valence-corrected chi connectivity index (χ0v) is 14.9. The Balaban J connectivity index is 2.01. The zero-order valence-electron chi connectivity index (χ0n) is 13.3. The van der Waals surface area contributed by atoms with Gasteiger partial charge in [0.2, 0.25) is 11.8 Å². The van der Waals surface area contributed by atoms with Gasteiger partial charge in [0.25, 0.3) is 0 Å². The Labute approximate surface area is 140 Å². The van der Waals surface area contributed by atoms with Gasteiger partial charge in [-0.3, -0.25) is 9.59 Å². The SMILES string of the molecule is CC(C)C(=O)N1CCC[C@H]1C(=O)N[C@H](C)c1ccc(Br)cc1. The fraction of sp³-hybridized carbons (Fsp3) is 0.529. The summed E-state index contributed by atoms with van der Waals surface area (Å²) in [6.07, 6.45) is 1.64. The van der Waals surface area contributed by atoms with E-state index in [1.807, 2.05) is 45.0 Å². The number of hydrogen-bond donors (Lipinski definition) is 1. The van der Waals surface area contributed by atoms with Crippen LogP contribution in [0, 0.1) is 5.92 Å². The molecule has 4 nitrogen and oxygen atoms in total. The van der Waals surface area contributed by atoms with Gasteiger partial charge in [0, 0.05) is 16.9 Å². The van der Waals surface area contributed by atoms with E-state index in [2.05, 4.69) is 21.2 Å². The van der Waals surface area contributed by atoms with Crippen molar-refractivity contribution in [2.75, 3.05) is 6.54 Å². The van der Waals surface area contributed by atoms with Crippen molar-refractivity contribution in [3.05, 3.63) is 34.3 Å². The molecule has 0 radical (unpaired) electrons. The standard InChI is InChI=1S/C17H23BrN2O2/c1-11(2)17(22)20-10-4-5-15(20)16(21)19-12(3)13-6-8-14(18)9-7-13/h6-9,11-12,15H,4-5,10H2,1-3H3,(H,19,21)/t12-,15+/m1/s1. The molecule has 0 saturated carbocycles. The van der Waals surface area contributed by atoms with E-state index in [4.69, 9.17) is 0 Å². The Hall–Kier alpha value is -1.36. The molecule has 0 unspecified atom stereocenters. The number of likely N-dealkylation sites (tertiary alicyclic amines) is 1. The lowest BCUT2D eigenvalue weighted by Crippen LogP contribution is -2.47. The quantitative estimate of drug-likeness (QED) is 0.888. The highest BCUT2D eigenvalue weighted by molar-refractivity contribution is 9.10. The van der Waals surface area contributed by atoms with Crippen molar-refractivity contribution < 1.29 is 9.59 Å². The summed E-state index contributed by atoms with van der Waals surface area (Å²) in [5.41, 5.74) is 1.05. The predicted molar refractivity (Wildman–Crippen MR) is 90.3 cm³/mol. The summed E-state index contributed by atoms with van der Waals surface area (Å²) in [5, 5.41) is 3.03. The van der Waals surface area contributed by atoms with Crippen molar-refractivity contribution in [2.45, 2.75) is 45.7 Å². The fourth-order valence-electron chi connectivity index (χ4n) is 2.78. The molecule has 2 amide bonds. The van der Waals surface area contributed by atoms with Gasteiger partial charge in [0.1, 0.15) is 6.04 Å². The molecule has 22 heavy (non-hydrogen) atoms. The second-order valence-electron chi connectivity index (χ2n) is 6.13. The van der Waals surface area contributed by atoms with Crippen LogP contribution in [0.15, 0.2) is 28.7 Å². The van der Waals surface area contributed by atoms with Crippen molar-refractivity contribution in [3.63, 3.8) is 0 Å². The van der Waals surface area contributed by atoms with Crippen LogP contribution >= 0.6 is 15.9 Å². The summed E-state index contributed by atoms with van der Waals surface area (Å²) < 4.78 is 1.01. The van der Waals surface area contributed by atoms with Crippen molar-refractivity contribution in [1.82, 2.24) is 10.2 Å². The van der Waals surface area contributed by atoms with Gasteiger partial charge in [0.05, 0.1) is 6.04 Å².